The summed E-state index contributed by atoms with van der Waals surface area (Å²) in [6, 6.07) is 10.0. The fourth-order valence-corrected chi connectivity index (χ4v) is 1.35. The van der Waals surface area contributed by atoms with E-state index in [1.54, 1.807) is 6.08 Å². The molecule has 3 nitrogen and oxygen atoms in total. The number of para-hydroxylation sites is 1. The van der Waals surface area contributed by atoms with Crippen molar-refractivity contribution in [2.75, 3.05) is 19.1 Å². The lowest BCUT2D eigenvalue weighted by atomic mass is 10.2. The summed E-state index contributed by atoms with van der Waals surface area (Å²) in [7, 11) is 3.91. The van der Waals surface area contributed by atoms with Crippen LogP contribution in [0.5, 0.6) is 0 Å². The first-order valence-electron chi connectivity index (χ1n) is 5.89. The Labute approximate surface area is 109 Å². The Kier molecular flexibility index (Phi) is 6.22. The third kappa shape index (κ3) is 4.80. The largest absolute Gasteiger partial charge is 0.322 e. The van der Waals surface area contributed by atoms with E-state index in [2.05, 4.69) is 11.7 Å². The van der Waals surface area contributed by atoms with Gasteiger partial charge in [0, 0.05) is 13.1 Å². The molecule has 3 heteroatoms. The van der Waals surface area contributed by atoms with Crippen molar-refractivity contribution in [2.24, 2.45) is 5.10 Å². The molecule has 0 bridgehead atoms. The molecule has 0 fully saturated rings. The van der Waals surface area contributed by atoms with Crippen molar-refractivity contribution in [1.82, 2.24) is 0 Å². The van der Waals surface area contributed by atoms with Gasteiger partial charge in [0.1, 0.15) is 0 Å². The zero-order valence-electron chi connectivity index (χ0n) is 11.0. The number of nitrogens with zero attached hydrogens (tertiary/aromatic N) is 2. The molecular formula is C15H20N3+. The monoisotopic (exact) mass is 242 g/mol. The summed E-state index contributed by atoms with van der Waals surface area (Å²) in [5.74, 6) is 0. The van der Waals surface area contributed by atoms with Gasteiger partial charge in [-0.1, -0.05) is 36.9 Å². The first-order valence-corrected chi connectivity index (χ1v) is 5.89. The molecule has 1 aromatic carbocycles. The van der Waals surface area contributed by atoms with Crippen LogP contribution in [0, 0.1) is 0 Å². The van der Waals surface area contributed by atoms with Crippen LogP contribution in [0.25, 0.3) is 0 Å². The van der Waals surface area contributed by atoms with Crippen molar-refractivity contribution in [3.63, 3.8) is 0 Å². The van der Waals surface area contributed by atoms with Gasteiger partial charge in [-0.2, -0.15) is 5.10 Å². The van der Waals surface area contributed by atoms with Gasteiger partial charge in [-0.3, -0.25) is 5.01 Å². The van der Waals surface area contributed by atoms with Crippen molar-refractivity contribution in [3.8, 4) is 0 Å². The van der Waals surface area contributed by atoms with Crippen LogP contribution in [0.2, 0.25) is 0 Å². The smallest absolute Gasteiger partial charge is 0.0930 e. The van der Waals surface area contributed by atoms with E-state index in [0.717, 1.165) is 11.3 Å². The third-order valence-electron chi connectivity index (χ3n) is 2.30. The van der Waals surface area contributed by atoms with Gasteiger partial charge >= 0.3 is 0 Å². The Morgan fingerprint density at radius 2 is 2.06 bits per heavy atom. The van der Waals surface area contributed by atoms with Crippen LogP contribution in [0.4, 0.5) is 5.69 Å². The lowest BCUT2D eigenvalue weighted by Gasteiger charge is -2.12. The van der Waals surface area contributed by atoms with Crippen molar-refractivity contribution >= 4 is 11.9 Å². The van der Waals surface area contributed by atoms with Gasteiger partial charge in [0.05, 0.1) is 25.1 Å². The lowest BCUT2D eigenvalue weighted by molar-refractivity contribution is -0.556. The lowest BCUT2D eigenvalue weighted by Crippen LogP contribution is -2.72. The standard InChI is InChI=1S/C15H19N3/c1-4-8-14(11-12-16-2)13-17-18(3)15-9-6-5-7-10-15/h4-13,16H,1H2,2-3H3/p+1/b12-11-,14-8+,17-13+. The topological polar surface area (TPSA) is 32.2 Å². The number of hydrazone groups is 1. The highest BCUT2D eigenvalue weighted by molar-refractivity contribution is 5.83. The molecular weight excluding hydrogens is 222 g/mol. The quantitative estimate of drug-likeness (QED) is 0.461. The predicted molar refractivity (Wildman–Crippen MR) is 78.6 cm³/mol. The maximum Gasteiger partial charge on any atom is 0.0930 e. The average Bonchev–Trinajstić information content (AvgIpc) is 2.42. The number of quaternary nitrogens is 1. The maximum absolute atomic E-state index is 4.39. The van der Waals surface area contributed by atoms with E-state index in [9.17, 15) is 0 Å². The van der Waals surface area contributed by atoms with Crippen LogP contribution in [0.3, 0.4) is 0 Å². The van der Waals surface area contributed by atoms with Gasteiger partial charge in [0.2, 0.25) is 0 Å². The van der Waals surface area contributed by atoms with Crippen LogP contribution in [-0.2, 0) is 0 Å². The van der Waals surface area contributed by atoms with Crippen LogP contribution >= 0.6 is 0 Å². The molecule has 1 aromatic rings. The molecule has 0 amide bonds. The second-order valence-corrected chi connectivity index (χ2v) is 3.70. The Hall–Kier alpha value is -2.13. The first-order chi connectivity index (χ1) is 8.77. The van der Waals surface area contributed by atoms with Gasteiger partial charge in [-0.15, -0.1) is 0 Å². The number of anilines is 1. The summed E-state index contributed by atoms with van der Waals surface area (Å²) in [5, 5.41) is 8.20. The molecule has 0 saturated heterocycles. The number of allylic oxidation sites excluding steroid dienone is 4. The van der Waals surface area contributed by atoms with E-state index in [1.165, 1.54) is 0 Å². The fourth-order valence-electron chi connectivity index (χ4n) is 1.35. The van der Waals surface area contributed by atoms with Crippen LogP contribution in [-0.4, -0.2) is 20.3 Å². The van der Waals surface area contributed by atoms with Crippen molar-refractivity contribution in [2.45, 2.75) is 0 Å². The number of nitrogens with two attached hydrogens (primary N) is 1. The Bertz CT molecular complexity index is 444. The molecule has 0 saturated carbocycles. The highest BCUT2D eigenvalue weighted by atomic mass is 15.4. The highest BCUT2D eigenvalue weighted by Crippen LogP contribution is 2.10. The fraction of sp³-hybridized carbons (Fsp3) is 0.133. The predicted octanol–water partition coefficient (Wildman–Crippen LogP) is 1.93. The van der Waals surface area contributed by atoms with E-state index in [-0.39, 0.29) is 0 Å². The molecule has 0 unspecified atom stereocenters. The van der Waals surface area contributed by atoms with E-state index < -0.39 is 0 Å². The van der Waals surface area contributed by atoms with Gasteiger partial charge in [0.15, 0.2) is 0 Å². The van der Waals surface area contributed by atoms with Gasteiger partial charge in [0.25, 0.3) is 0 Å². The molecule has 0 aliphatic heterocycles. The Morgan fingerprint density at radius 3 is 2.67 bits per heavy atom. The zero-order chi connectivity index (χ0) is 13.2. The molecule has 0 heterocycles. The molecule has 0 aliphatic carbocycles. The van der Waals surface area contributed by atoms with E-state index >= 15 is 0 Å². The number of hydrogen-bond donors (Lipinski definition) is 1. The second kappa shape index (κ2) is 8.03. The number of hydrogen-bond acceptors (Lipinski definition) is 2. The van der Waals surface area contributed by atoms with Crippen LogP contribution in [0.1, 0.15) is 0 Å². The summed E-state index contributed by atoms with van der Waals surface area (Å²) in [5.41, 5.74) is 2.06. The minimum atomic E-state index is 1.01. The molecule has 18 heavy (non-hydrogen) atoms. The summed E-state index contributed by atoms with van der Waals surface area (Å²) >= 11 is 0. The van der Waals surface area contributed by atoms with Crippen molar-refractivity contribution in [3.05, 3.63) is 66.9 Å². The normalized spacial score (nSPS) is 12.2. The van der Waals surface area contributed by atoms with E-state index in [0.29, 0.717) is 0 Å². The van der Waals surface area contributed by atoms with Gasteiger partial charge in [-0.25, -0.2) is 0 Å². The van der Waals surface area contributed by atoms with E-state index in [1.807, 2.05) is 79.3 Å². The molecule has 1 rings (SSSR count). The number of benzene rings is 1. The highest BCUT2D eigenvalue weighted by Gasteiger charge is 1.95. The second-order valence-electron chi connectivity index (χ2n) is 3.70. The van der Waals surface area contributed by atoms with Crippen LogP contribution < -0.4 is 10.3 Å². The average molecular weight is 242 g/mol. The zero-order valence-corrected chi connectivity index (χ0v) is 11.0. The Balaban J connectivity index is 2.75. The van der Waals surface area contributed by atoms with Gasteiger partial charge < -0.3 is 5.32 Å². The number of rotatable bonds is 6. The Morgan fingerprint density at radius 1 is 1.33 bits per heavy atom. The molecule has 94 valence electrons. The molecule has 0 aliphatic rings. The molecule has 0 spiro atoms. The third-order valence-corrected chi connectivity index (χ3v) is 2.30. The molecule has 0 aromatic heterocycles. The molecule has 0 atom stereocenters. The minimum Gasteiger partial charge on any atom is -0.322 e. The van der Waals surface area contributed by atoms with Crippen LogP contribution in [0.15, 0.2) is 72.0 Å². The van der Waals surface area contributed by atoms with Gasteiger partial charge in [-0.05, 0) is 17.7 Å². The molecule has 0 radical (unpaired) electrons. The van der Waals surface area contributed by atoms with E-state index in [4.69, 9.17) is 0 Å². The van der Waals surface area contributed by atoms with Crippen molar-refractivity contribution < 1.29 is 5.32 Å². The van der Waals surface area contributed by atoms with Crippen molar-refractivity contribution in [1.29, 1.82) is 0 Å². The molecule has 2 N–H and O–H groups in total. The summed E-state index contributed by atoms with van der Waals surface area (Å²) in [6.45, 7) is 3.70. The summed E-state index contributed by atoms with van der Waals surface area (Å²) in [6.07, 6.45) is 9.45. The summed E-state index contributed by atoms with van der Waals surface area (Å²) in [4.78, 5) is 0. The summed E-state index contributed by atoms with van der Waals surface area (Å²) < 4.78 is 0. The maximum atomic E-state index is 4.39. The minimum absolute atomic E-state index is 1.01. The first kappa shape index (κ1) is 13.9. The SMILES string of the molecule is C=C/C=C(\C=C/[NH2+]C)/C=N/N(C)c1ccccc1.